The first-order chi connectivity index (χ1) is 8.28. The molecule has 1 N–H and O–H groups in total. The fourth-order valence-corrected chi connectivity index (χ4v) is 1.67. The number of alkyl halides is 4. The van der Waals surface area contributed by atoms with Gasteiger partial charge in [-0.25, -0.2) is 8.78 Å². The molecule has 1 aromatic rings. The predicted molar refractivity (Wildman–Crippen MR) is 51.9 cm³/mol. The van der Waals surface area contributed by atoms with Gasteiger partial charge in [-0.15, -0.1) is 0 Å². The van der Waals surface area contributed by atoms with Crippen LogP contribution in [-0.2, 0) is 0 Å². The number of ketones is 1. The van der Waals surface area contributed by atoms with Gasteiger partial charge in [0.15, 0.2) is 5.78 Å². The lowest BCUT2D eigenvalue weighted by atomic mass is 9.94. The van der Waals surface area contributed by atoms with Crippen LogP contribution in [0.3, 0.4) is 0 Å². The number of para-hydroxylation sites is 1. The van der Waals surface area contributed by atoms with Gasteiger partial charge in [0.25, 0.3) is 5.79 Å². The highest BCUT2D eigenvalue weighted by Gasteiger charge is 2.64. The van der Waals surface area contributed by atoms with Gasteiger partial charge in [-0.1, -0.05) is 12.1 Å². The Morgan fingerprint density at radius 2 is 1.94 bits per heavy atom. The fourth-order valence-electron chi connectivity index (χ4n) is 1.67. The highest BCUT2D eigenvalue weighted by Crippen LogP contribution is 2.43. The summed E-state index contributed by atoms with van der Waals surface area (Å²) in [7, 11) is 0. The topological polar surface area (TPSA) is 46.5 Å². The van der Waals surface area contributed by atoms with Gasteiger partial charge in [-0.3, -0.25) is 4.79 Å². The molecule has 2 rings (SSSR count). The number of hydrogen-bond donors (Lipinski definition) is 1. The molecule has 0 bridgehead atoms. The quantitative estimate of drug-likeness (QED) is 0.833. The average Bonchev–Trinajstić information content (AvgIpc) is 2.28. The van der Waals surface area contributed by atoms with E-state index in [4.69, 9.17) is 0 Å². The largest absolute Gasteiger partial charge is 0.454 e. The summed E-state index contributed by atoms with van der Waals surface area (Å²) in [6, 6.07) is 5.30. The molecule has 0 unspecified atom stereocenters. The summed E-state index contributed by atoms with van der Waals surface area (Å²) in [5, 5.41) is 9.51. The second kappa shape index (κ2) is 3.94. The van der Waals surface area contributed by atoms with Gasteiger partial charge >= 0.3 is 12.3 Å². The molecule has 0 saturated carbocycles. The monoisotopic (exact) mass is 264 g/mol. The van der Waals surface area contributed by atoms with Crippen molar-refractivity contribution < 1.29 is 32.2 Å². The molecule has 0 aromatic heterocycles. The van der Waals surface area contributed by atoms with Crippen LogP contribution in [0.2, 0.25) is 0 Å². The molecule has 0 aliphatic carbocycles. The third kappa shape index (κ3) is 1.74. The first-order valence-electron chi connectivity index (χ1n) is 4.97. The Kier molecular flexibility index (Phi) is 2.81. The minimum atomic E-state index is -4.84. The first kappa shape index (κ1) is 12.8. The molecule has 0 spiro atoms. The molecule has 1 atom stereocenters. The summed E-state index contributed by atoms with van der Waals surface area (Å²) in [5.41, 5.74) is -0.0211. The molecule has 0 radical (unpaired) electrons. The van der Waals surface area contributed by atoms with Crippen molar-refractivity contribution in [3.05, 3.63) is 29.8 Å². The van der Waals surface area contributed by atoms with Gasteiger partial charge in [-0.2, -0.15) is 8.78 Å². The van der Waals surface area contributed by atoms with E-state index in [2.05, 4.69) is 4.74 Å². The van der Waals surface area contributed by atoms with E-state index in [1.54, 1.807) is 0 Å². The van der Waals surface area contributed by atoms with Crippen molar-refractivity contribution in [1.29, 1.82) is 0 Å². The zero-order chi connectivity index (χ0) is 13.6. The van der Waals surface area contributed by atoms with Crippen molar-refractivity contribution in [2.24, 2.45) is 0 Å². The Bertz CT molecular complexity index is 489. The smallest absolute Gasteiger partial charge is 0.371 e. The van der Waals surface area contributed by atoms with Crippen LogP contribution in [0.25, 0.3) is 0 Å². The Morgan fingerprint density at radius 1 is 1.33 bits per heavy atom. The molecule has 1 heterocycles. The van der Waals surface area contributed by atoms with E-state index in [-0.39, 0.29) is 11.3 Å². The number of carbonyl (C=O) groups is 1. The zero-order valence-corrected chi connectivity index (χ0v) is 8.87. The van der Waals surface area contributed by atoms with Gasteiger partial charge in [-0.05, 0) is 12.1 Å². The number of halogens is 4. The summed E-state index contributed by atoms with van der Waals surface area (Å²) in [6.45, 7) is 0. The second-order valence-corrected chi connectivity index (χ2v) is 3.91. The molecule has 3 nitrogen and oxygen atoms in total. The van der Waals surface area contributed by atoms with Gasteiger partial charge < -0.3 is 9.84 Å². The van der Waals surface area contributed by atoms with E-state index in [0.29, 0.717) is 0 Å². The zero-order valence-electron chi connectivity index (χ0n) is 8.87. The van der Waals surface area contributed by atoms with E-state index in [9.17, 15) is 27.5 Å². The number of rotatable bonds is 2. The molecular weight excluding hydrogens is 256 g/mol. The number of hydrogen-bond acceptors (Lipinski definition) is 3. The lowest BCUT2D eigenvalue weighted by Crippen LogP contribution is -2.59. The van der Waals surface area contributed by atoms with Crippen molar-refractivity contribution in [3.8, 4) is 5.75 Å². The van der Waals surface area contributed by atoms with Crippen molar-refractivity contribution >= 4 is 5.78 Å². The molecule has 1 aliphatic rings. The van der Waals surface area contributed by atoms with Crippen LogP contribution in [0.5, 0.6) is 5.75 Å². The minimum absolute atomic E-state index is 0.0211. The van der Waals surface area contributed by atoms with Crippen molar-refractivity contribution in [2.45, 2.75) is 24.6 Å². The summed E-state index contributed by atoms with van der Waals surface area (Å²) in [4.78, 5) is 11.6. The van der Waals surface area contributed by atoms with Crippen LogP contribution < -0.4 is 4.74 Å². The molecule has 1 aliphatic heterocycles. The van der Waals surface area contributed by atoms with Crippen LogP contribution in [0.15, 0.2) is 24.3 Å². The van der Waals surface area contributed by atoms with E-state index in [1.165, 1.54) is 18.2 Å². The fraction of sp³-hybridized carbons (Fsp3) is 0.364. The molecule has 0 fully saturated rings. The summed E-state index contributed by atoms with van der Waals surface area (Å²) < 4.78 is 55.4. The summed E-state index contributed by atoms with van der Waals surface area (Å²) in [5.74, 6) is -9.57. The van der Waals surface area contributed by atoms with Crippen molar-refractivity contribution in [3.63, 3.8) is 0 Å². The minimum Gasteiger partial charge on any atom is -0.454 e. The van der Waals surface area contributed by atoms with E-state index in [0.717, 1.165) is 6.07 Å². The van der Waals surface area contributed by atoms with Crippen LogP contribution in [0.1, 0.15) is 16.8 Å². The highest BCUT2D eigenvalue weighted by molar-refractivity contribution is 6.00. The Hall–Kier alpha value is -1.63. The third-order valence-corrected chi connectivity index (χ3v) is 2.66. The molecule has 98 valence electrons. The standard InChI is InChI=1S/C11H8F4O3/c12-9(13)11(14,15)10(17)5-7(16)6-3-1-2-4-8(6)18-10/h1-4,9,17H,5H2/t10-/m1/s1. The van der Waals surface area contributed by atoms with E-state index < -0.39 is 30.3 Å². The van der Waals surface area contributed by atoms with Crippen molar-refractivity contribution in [1.82, 2.24) is 0 Å². The third-order valence-electron chi connectivity index (χ3n) is 2.66. The van der Waals surface area contributed by atoms with Crippen LogP contribution >= 0.6 is 0 Å². The SMILES string of the molecule is O=C1C[C@](O)(C(F)(F)C(F)F)Oc2ccccc21. The number of benzene rings is 1. The molecule has 0 saturated heterocycles. The number of Topliss-reactive ketones (excluding diaryl/α,β-unsaturated/α-hetero) is 1. The molecule has 7 heteroatoms. The maximum absolute atomic E-state index is 13.2. The Balaban J connectivity index is 2.44. The van der Waals surface area contributed by atoms with Crippen LogP contribution in [-0.4, -0.2) is 29.0 Å². The maximum Gasteiger partial charge on any atom is 0.371 e. The molecule has 18 heavy (non-hydrogen) atoms. The van der Waals surface area contributed by atoms with Crippen molar-refractivity contribution in [2.75, 3.05) is 0 Å². The summed E-state index contributed by atoms with van der Waals surface area (Å²) in [6.07, 6.45) is -5.36. The highest BCUT2D eigenvalue weighted by atomic mass is 19.3. The predicted octanol–water partition coefficient (Wildman–Crippen LogP) is 2.24. The van der Waals surface area contributed by atoms with E-state index in [1.807, 2.05) is 0 Å². The van der Waals surface area contributed by atoms with Gasteiger partial charge in [0, 0.05) is 0 Å². The Morgan fingerprint density at radius 3 is 2.56 bits per heavy atom. The second-order valence-electron chi connectivity index (χ2n) is 3.91. The number of carbonyl (C=O) groups excluding carboxylic acids is 1. The molecule has 0 amide bonds. The first-order valence-corrected chi connectivity index (χ1v) is 4.97. The van der Waals surface area contributed by atoms with Gasteiger partial charge in [0.05, 0.1) is 12.0 Å². The molecule has 1 aromatic carbocycles. The number of fused-ring (bicyclic) bond motifs is 1. The number of aliphatic hydroxyl groups is 1. The average molecular weight is 264 g/mol. The normalized spacial score (nSPS) is 23.8. The summed E-state index contributed by atoms with van der Waals surface area (Å²) >= 11 is 0. The van der Waals surface area contributed by atoms with Gasteiger partial charge in [0.1, 0.15) is 5.75 Å². The number of ether oxygens (including phenoxy) is 1. The Labute approximate surface area is 99.0 Å². The van der Waals surface area contributed by atoms with Crippen LogP contribution in [0, 0.1) is 0 Å². The lowest BCUT2D eigenvalue weighted by molar-refractivity contribution is -0.316. The maximum atomic E-state index is 13.2. The van der Waals surface area contributed by atoms with E-state index >= 15 is 0 Å². The van der Waals surface area contributed by atoms with Gasteiger partial charge in [0.2, 0.25) is 0 Å². The molecular formula is C11H8F4O3. The lowest BCUT2D eigenvalue weighted by Gasteiger charge is -2.37. The van der Waals surface area contributed by atoms with Crippen LogP contribution in [0.4, 0.5) is 17.6 Å².